The molecule has 0 aromatic heterocycles. The van der Waals surface area contributed by atoms with Crippen LogP contribution in [0.15, 0.2) is 18.2 Å². The molecule has 0 heterocycles. The Kier molecular flexibility index (Phi) is 4.78. The monoisotopic (exact) mass is 268 g/mol. The van der Waals surface area contributed by atoms with Gasteiger partial charge in [0.05, 0.1) is 11.5 Å². The summed E-state index contributed by atoms with van der Waals surface area (Å²) >= 11 is 4.82. The minimum Gasteiger partial charge on any atom is -0.392 e. The second kappa shape index (κ2) is 5.91. The molecule has 0 aliphatic rings. The number of hydrogen-bond donors (Lipinski definition) is 1. The molecule has 2 N–H and O–H groups in total. The van der Waals surface area contributed by atoms with Crippen molar-refractivity contribution in [2.45, 2.75) is 26.8 Å². The topological polar surface area (TPSA) is 46.3 Å². The molecule has 0 aliphatic carbocycles. The van der Waals surface area contributed by atoms with Gasteiger partial charge in [0, 0.05) is 11.6 Å². The van der Waals surface area contributed by atoms with Gasteiger partial charge in [-0.1, -0.05) is 18.3 Å². The summed E-state index contributed by atoms with van der Waals surface area (Å²) in [6.07, 6.45) is 0. The highest BCUT2D eigenvalue weighted by Gasteiger charge is 2.20. The summed E-state index contributed by atoms with van der Waals surface area (Å²) in [4.78, 5) is 14.0. The lowest BCUT2D eigenvalue weighted by atomic mass is 10.1. The van der Waals surface area contributed by atoms with Crippen molar-refractivity contribution in [2.24, 2.45) is 5.73 Å². The first-order valence-corrected chi connectivity index (χ1v) is 6.09. The van der Waals surface area contributed by atoms with Gasteiger partial charge in [0.1, 0.15) is 5.82 Å². The molecule has 0 fully saturated rings. The summed E-state index contributed by atoms with van der Waals surface area (Å²) in [5, 5.41) is 0. The summed E-state index contributed by atoms with van der Waals surface area (Å²) in [5.41, 5.74) is 6.28. The van der Waals surface area contributed by atoms with Crippen molar-refractivity contribution >= 4 is 23.1 Å². The minimum atomic E-state index is -0.389. The maximum absolute atomic E-state index is 13.4. The second-order valence-corrected chi connectivity index (χ2v) is 4.98. The molecule has 0 radical (unpaired) electrons. The molecule has 3 nitrogen and oxygen atoms in total. The Labute approximate surface area is 112 Å². The Morgan fingerprint density at radius 1 is 1.50 bits per heavy atom. The molecular formula is C13H17FN2OS. The fraction of sp³-hybridized carbons (Fsp3) is 0.385. The van der Waals surface area contributed by atoms with Gasteiger partial charge in [0.2, 0.25) is 0 Å². The van der Waals surface area contributed by atoms with Crippen LogP contribution in [0.5, 0.6) is 0 Å². The van der Waals surface area contributed by atoms with Crippen LogP contribution < -0.4 is 5.73 Å². The molecule has 5 heteroatoms. The molecule has 0 atom stereocenters. The lowest BCUT2D eigenvalue weighted by Gasteiger charge is -2.26. The normalized spacial score (nSPS) is 10.5. The maximum Gasteiger partial charge on any atom is 0.254 e. The van der Waals surface area contributed by atoms with E-state index in [0.29, 0.717) is 11.1 Å². The quantitative estimate of drug-likeness (QED) is 0.852. The summed E-state index contributed by atoms with van der Waals surface area (Å²) in [5.74, 6) is -0.656. The van der Waals surface area contributed by atoms with Crippen LogP contribution in [0.25, 0.3) is 0 Å². The van der Waals surface area contributed by atoms with Crippen molar-refractivity contribution in [3.8, 4) is 0 Å². The van der Waals surface area contributed by atoms with Gasteiger partial charge in [0.15, 0.2) is 0 Å². The number of amides is 1. The molecule has 0 bridgehead atoms. The molecular weight excluding hydrogens is 251 g/mol. The second-order valence-electron chi connectivity index (χ2n) is 4.46. The average molecular weight is 268 g/mol. The van der Waals surface area contributed by atoms with Crippen LogP contribution in [0.1, 0.15) is 29.8 Å². The Bertz CT molecular complexity index is 474. The van der Waals surface area contributed by atoms with Crippen molar-refractivity contribution in [3.63, 3.8) is 0 Å². The first-order valence-electron chi connectivity index (χ1n) is 5.68. The first kappa shape index (κ1) is 14.6. The van der Waals surface area contributed by atoms with E-state index in [2.05, 4.69) is 0 Å². The number of carbonyl (C=O) groups excluding carboxylic acids is 1. The van der Waals surface area contributed by atoms with Gasteiger partial charge < -0.3 is 10.6 Å². The van der Waals surface area contributed by atoms with E-state index in [9.17, 15) is 9.18 Å². The third-order valence-electron chi connectivity index (χ3n) is 2.63. The van der Waals surface area contributed by atoms with E-state index in [1.54, 1.807) is 19.1 Å². The number of thiocarbonyl (C=S) groups is 1. The first-order chi connectivity index (χ1) is 8.32. The molecule has 0 aliphatic heterocycles. The number of hydrogen-bond acceptors (Lipinski definition) is 2. The van der Waals surface area contributed by atoms with Crippen molar-refractivity contribution in [1.82, 2.24) is 4.90 Å². The predicted octanol–water partition coefficient (Wildman–Crippen LogP) is 2.27. The van der Waals surface area contributed by atoms with Crippen molar-refractivity contribution in [3.05, 3.63) is 35.1 Å². The zero-order valence-corrected chi connectivity index (χ0v) is 11.6. The number of halogens is 1. The highest BCUT2D eigenvalue weighted by molar-refractivity contribution is 7.80. The SMILES string of the molecule is Cc1ccc(C(=O)N(CC(N)=S)C(C)C)cc1F. The molecule has 0 unspecified atom stereocenters. The summed E-state index contributed by atoms with van der Waals surface area (Å²) in [6.45, 7) is 5.57. The van der Waals surface area contributed by atoms with Crippen molar-refractivity contribution in [2.75, 3.05) is 6.54 Å². The smallest absolute Gasteiger partial charge is 0.254 e. The Balaban J connectivity index is 3.02. The summed E-state index contributed by atoms with van der Waals surface area (Å²) < 4.78 is 13.4. The Morgan fingerprint density at radius 2 is 2.11 bits per heavy atom. The van der Waals surface area contributed by atoms with E-state index in [1.165, 1.54) is 11.0 Å². The number of carbonyl (C=O) groups is 1. The lowest BCUT2D eigenvalue weighted by molar-refractivity contribution is 0.0735. The summed E-state index contributed by atoms with van der Waals surface area (Å²) in [7, 11) is 0. The zero-order valence-electron chi connectivity index (χ0n) is 10.7. The zero-order chi connectivity index (χ0) is 13.9. The number of benzene rings is 1. The molecule has 0 saturated carbocycles. The van der Waals surface area contributed by atoms with Crippen LogP contribution in [0, 0.1) is 12.7 Å². The fourth-order valence-electron chi connectivity index (χ4n) is 1.55. The van der Waals surface area contributed by atoms with Crippen LogP contribution in [-0.2, 0) is 0 Å². The Morgan fingerprint density at radius 3 is 2.56 bits per heavy atom. The van der Waals surface area contributed by atoms with Crippen LogP contribution in [0.2, 0.25) is 0 Å². The van der Waals surface area contributed by atoms with Crippen molar-refractivity contribution in [1.29, 1.82) is 0 Å². The highest BCUT2D eigenvalue weighted by atomic mass is 32.1. The number of nitrogens with zero attached hydrogens (tertiary/aromatic N) is 1. The van der Waals surface area contributed by atoms with Gasteiger partial charge in [0.25, 0.3) is 5.91 Å². The van der Waals surface area contributed by atoms with E-state index in [-0.39, 0.29) is 29.3 Å². The van der Waals surface area contributed by atoms with Gasteiger partial charge in [-0.2, -0.15) is 0 Å². The molecule has 1 rings (SSSR count). The van der Waals surface area contributed by atoms with E-state index < -0.39 is 0 Å². The van der Waals surface area contributed by atoms with Gasteiger partial charge in [-0.3, -0.25) is 4.79 Å². The number of aryl methyl sites for hydroxylation is 1. The molecule has 18 heavy (non-hydrogen) atoms. The van der Waals surface area contributed by atoms with Gasteiger partial charge in [-0.05, 0) is 38.5 Å². The fourth-order valence-corrected chi connectivity index (χ4v) is 1.69. The van der Waals surface area contributed by atoms with E-state index in [4.69, 9.17) is 18.0 Å². The standard InChI is InChI=1S/C13H17FN2OS/c1-8(2)16(7-12(15)18)13(17)10-5-4-9(3)11(14)6-10/h4-6,8H,7H2,1-3H3,(H2,15,18). The van der Waals surface area contributed by atoms with Crippen LogP contribution in [0.4, 0.5) is 4.39 Å². The molecule has 98 valence electrons. The predicted molar refractivity (Wildman–Crippen MR) is 74.1 cm³/mol. The van der Waals surface area contributed by atoms with E-state index in [0.717, 1.165) is 0 Å². The highest BCUT2D eigenvalue weighted by Crippen LogP contribution is 2.13. The molecule has 0 saturated heterocycles. The molecule has 1 aromatic carbocycles. The minimum absolute atomic E-state index is 0.0524. The Hall–Kier alpha value is -1.49. The van der Waals surface area contributed by atoms with Crippen LogP contribution >= 0.6 is 12.2 Å². The van der Waals surface area contributed by atoms with Gasteiger partial charge >= 0.3 is 0 Å². The number of rotatable bonds is 4. The molecule has 0 spiro atoms. The van der Waals surface area contributed by atoms with E-state index in [1.807, 2.05) is 13.8 Å². The third-order valence-corrected chi connectivity index (χ3v) is 2.76. The van der Waals surface area contributed by atoms with Gasteiger partial charge in [-0.25, -0.2) is 4.39 Å². The summed E-state index contributed by atoms with van der Waals surface area (Å²) in [6, 6.07) is 4.38. The molecule has 1 amide bonds. The van der Waals surface area contributed by atoms with Crippen LogP contribution in [0.3, 0.4) is 0 Å². The third kappa shape index (κ3) is 3.50. The maximum atomic E-state index is 13.4. The van der Waals surface area contributed by atoms with Gasteiger partial charge in [-0.15, -0.1) is 0 Å². The molecule has 1 aromatic rings. The average Bonchev–Trinajstić information content (AvgIpc) is 2.28. The van der Waals surface area contributed by atoms with Crippen molar-refractivity contribution < 1.29 is 9.18 Å². The largest absolute Gasteiger partial charge is 0.392 e. The van der Waals surface area contributed by atoms with Crippen LogP contribution in [-0.4, -0.2) is 28.4 Å². The lowest BCUT2D eigenvalue weighted by Crippen LogP contribution is -2.42. The van der Waals surface area contributed by atoms with E-state index >= 15 is 0 Å². The number of nitrogens with two attached hydrogens (primary N) is 1.